The van der Waals surface area contributed by atoms with Gasteiger partial charge < -0.3 is 5.73 Å². The second kappa shape index (κ2) is 3.30. The van der Waals surface area contributed by atoms with Gasteiger partial charge >= 0.3 is 0 Å². The van der Waals surface area contributed by atoms with Gasteiger partial charge in [-0.1, -0.05) is 32.3 Å². The molecule has 0 atom stereocenters. The molecule has 1 aliphatic heterocycles. The highest BCUT2D eigenvalue weighted by atomic mass is 127. The van der Waals surface area contributed by atoms with E-state index < -0.39 is 0 Å². The molecule has 0 aromatic heterocycles. The summed E-state index contributed by atoms with van der Waals surface area (Å²) in [5.41, 5.74) is 6.42. The van der Waals surface area contributed by atoms with Crippen LogP contribution < -0.4 is 5.73 Å². The third-order valence-electron chi connectivity index (χ3n) is 1.03. The highest BCUT2D eigenvalue weighted by molar-refractivity contribution is 14.2. The van der Waals surface area contributed by atoms with Crippen molar-refractivity contribution in [3.63, 3.8) is 0 Å². The minimum atomic E-state index is -0.160. The number of carbonyl (C=O) groups is 1. The lowest BCUT2D eigenvalue weighted by atomic mass is 10.2. The topological polar surface area (TPSA) is 43.1 Å². The van der Waals surface area contributed by atoms with Gasteiger partial charge in [0.2, 0.25) is 0 Å². The van der Waals surface area contributed by atoms with E-state index in [4.69, 9.17) is 17.3 Å². The van der Waals surface area contributed by atoms with Crippen LogP contribution in [-0.4, -0.2) is 10.3 Å². The molecule has 4 heteroatoms. The standard InChI is InChI=1S/C6H5ClINO/c7-5-1-8-2-6(9)4(5)3-10/h1-3H,9H2. The van der Waals surface area contributed by atoms with Crippen LogP contribution in [0.15, 0.2) is 20.4 Å². The summed E-state index contributed by atoms with van der Waals surface area (Å²) >= 11 is 5.52. The van der Waals surface area contributed by atoms with Crippen molar-refractivity contribution >= 4 is 42.6 Å². The first-order valence-electron chi connectivity index (χ1n) is 2.52. The number of aldehydes is 1. The van der Waals surface area contributed by atoms with Gasteiger partial charge in [-0.15, -0.1) is 0 Å². The van der Waals surface area contributed by atoms with Crippen molar-refractivity contribution in [1.82, 2.24) is 0 Å². The third-order valence-corrected chi connectivity index (χ3v) is 3.72. The maximum Gasteiger partial charge on any atom is 0.153 e. The zero-order valence-corrected chi connectivity index (χ0v) is 7.89. The number of rotatable bonds is 1. The molecule has 1 aliphatic rings. The van der Waals surface area contributed by atoms with E-state index in [1.165, 1.54) is 0 Å². The molecule has 0 fully saturated rings. The lowest BCUT2D eigenvalue weighted by Gasteiger charge is -2.02. The molecule has 0 amide bonds. The summed E-state index contributed by atoms with van der Waals surface area (Å²) in [6.07, 6.45) is 0.688. The van der Waals surface area contributed by atoms with Gasteiger partial charge in [0.05, 0.1) is 10.6 Å². The van der Waals surface area contributed by atoms with Crippen molar-refractivity contribution in [3.05, 3.63) is 20.4 Å². The minimum Gasteiger partial charge on any atom is -0.398 e. The fourth-order valence-corrected chi connectivity index (χ4v) is 2.56. The van der Waals surface area contributed by atoms with E-state index in [1.807, 2.05) is 8.09 Å². The molecular weight excluding hydrogens is 264 g/mol. The summed E-state index contributed by atoms with van der Waals surface area (Å²) in [7, 11) is 0. The average Bonchev–Trinajstić information content (AvgIpc) is 1.88. The van der Waals surface area contributed by atoms with Crippen molar-refractivity contribution in [2.24, 2.45) is 5.73 Å². The lowest BCUT2D eigenvalue weighted by Crippen LogP contribution is -2.05. The summed E-state index contributed by atoms with van der Waals surface area (Å²) in [6.45, 7) is 0. The zero-order valence-electron chi connectivity index (χ0n) is 4.97. The zero-order chi connectivity index (χ0) is 7.56. The Hall–Kier alpha value is -0.160. The maximum atomic E-state index is 10.3. The van der Waals surface area contributed by atoms with Crippen LogP contribution in [0.5, 0.6) is 0 Å². The van der Waals surface area contributed by atoms with Crippen molar-refractivity contribution in [2.45, 2.75) is 0 Å². The number of halogens is 2. The molecule has 0 aromatic rings. The highest BCUT2D eigenvalue weighted by Gasteiger charge is 2.06. The summed E-state index contributed by atoms with van der Waals surface area (Å²) in [4.78, 5) is 10.3. The van der Waals surface area contributed by atoms with Gasteiger partial charge in [0.15, 0.2) is 6.29 Å². The Balaban J connectivity index is 3.13. The second-order valence-electron chi connectivity index (χ2n) is 1.68. The predicted molar refractivity (Wildman–Crippen MR) is 51.3 cm³/mol. The fraction of sp³-hybridized carbons (Fsp3) is 0. The number of carbonyl (C=O) groups excluding carboxylic acids is 1. The van der Waals surface area contributed by atoms with Gasteiger partial charge in [-0.05, 0) is 8.09 Å². The Labute approximate surface area is 73.5 Å². The largest absolute Gasteiger partial charge is 0.398 e. The van der Waals surface area contributed by atoms with E-state index >= 15 is 0 Å². The molecule has 10 heavy (non-hydrogen) atoms. The molecule has 2 N–H and O–H groups in total. The van der Waals surface area contributed by atoms with E-state index in [0.29, 0.717) is 22.6 Å². The van der Waals surface area contributed by atoms with Crippen molar-refractivity contribution in [2.75, 3.05) is 0 Å². The van der Waals surface area contributed by atoms with E-state index in [1.54, 1.807) is 0 Å². The van der Waals surface area contributed by atoms with E-state index in [2.05, 4.69) is 0 Å². The number of nitrogens with two attached hydrogens (primary N) is 1. The molecule has 0 aliphatic carbocycles. The van der Waals surface area contributed by atoms with E-state index in [-0.39, 0.29) is 20.7 Å². The fourth-order valence-electron chi connectivity index (χ4n) is 0.534. The molecule has 54 valence electrons. The Morgan fingerprint density at radius 1 is 1.70 bits per heavy atom. The van der Waals surface area contributed by atoms with Gasteiger partial charge in [-0.2, -0.15) is 0 Å². The van der Waals surface area contributed by atoms with E-state index in [9.17, 15) is 4.79 Å². The molecule has 0 bridgehead atoms. The molecule has 0 aromatic carbocycles. The van der Waals surface area contributed by atoms with E-state index in [0.717, 1.165) is 0 Å². The molecule has 0 radical (unpaired) electrons. The summed E-state index contributed by atoms with van der Waals surface area (Å²) in [5.74, 6) is 0. The van der Waals surface area contributed by atoms with Crippen LogP contribution in [0.25, 0.3) is 0 Å². The quantitative estimate of drug-likeness (QED) is 0.575. The molecule has 0 saturated carbocycles. The summed E-state index contributed by atoms with van der Waals surface area (Å²) in [5, 5.41) is 0.503. The minimum absolute atomic E-state index is 0.160. The van der Waals surface area contributed by atoms with Crippen LogP contribution in [-0.2, 0) is 4.79 Å². The first kappa shape index (κ1) is 7.94. The molecule has 1 rings (SSSR count). The molecule has 1 heterocycles. The van der Waals surface area contributed by atoms with Gasteiger partial charge in [-0.3, -0.25) is 4.79 Å². The first-order chi connectivity index (χ1) is 4.75. The average molecular weight is 269 g/mol. The molecule has 0 unspecified atom stereocenters. The van der Waals surface area contributed by atoms with Gasteiger partial charge in [0.1, 0.15) is 0 Å². The molecule has 2 nitrogen and oxygen atoms in total. The number of hydrogen-bond acceptors (Lipinski definition) is 2. The van der Waals surface area contributed by atoms with Crippen molar-refractivity contribution < 1.29 is 4.79 Å². The van der Waals surface area contributed by atoms with Gasteiger partial charge in [0, 0.05) is 5.70 Å². The first-order valence-corrected chi connectivity index (χ1v) is 5.39. The maximum absolute atomic E-state index is 10.3. The summed E-state index contributed by atoms with van der Waals surface area (Å²) in [6, 6.07) is 0. The van der Waals surface area contributed by atoms with Crippen molar-refractivity contribution in [1.29, 1.82) is 0 Å². The smallest absolute Gasteiger partial charge is 0.153 e. The SMILES string of the molecule is NC1=C(C=O)C(Cl)=CI=C1. The monoisotopic (exact) mass is 269 g/mol. The lowest BCUT2D eigenvalue weighted by molar-refractivity contribution is -0.104. The van der Waals surface area contributed by atoms with Crippen LogP contribution in [0.3, 0.4) is 0 Å². The highest BCUT2D eigenvalue weighted by Crippen LogP contribution is 2.22. The van der Waals surface area contributed by atoms with Gasteiger partial charge in [0.25, 0.3) is 0 Å². The van der Waals surface area contributed by atoms with Crippen LogP contribution in [0.4, 0.5) is 0 Å². The normalized spacial score (nSPS) is 17.9. The molecular formula is C6H5ClINO. The Kier molecular flexibility index (Phi) is 2.62. The third kappa shape index (κ3) is 1.46. The number of allylic oxidation sites excluding steroid dienone is 3. The van der Waals surface area contributed by atoms with Gasteiger partial charge in [-0.25, -0.2) is 0 Å². The van der Waals surface area contributed by atoms with Crippen molar-refractivity contribution in [3.8, 4) is 0 Å². The van der Waals surface area contributed by atoms with Crippen LogP contribution in [0.1, 0.15) is 0 Å². The molecule has 0 saturated heterocycles. The summed E-state index contributed by atoms with van der Waals surface area (Å²) < 4.78 is 3.73. The van der Waals surface area contributed by atoms with Crippen LogP contribution in [0, 0.1) is 0 Å². The molecule has 0 spiro atoms. The van der Waals surface area contributed by atoms with Crippen LogP contribution in [0.2, 0.25) is 0 Å². The Morgan fingerprint density at radius 2 is 2.40 bits per heavy atom. The second-order valence-corrected chi connectivity index (χ2v) is 4.05. The Morgan fingerprint density at radius 3 is 2.80 bits per heavy atom. The van der Waals surface area contributed by atoms with Crippen LogP contribution >= 0.6 is 32.3 Å². The Bertz CT molecular complexity index is 254. The number of hydrogen-bond donors (Lipinski definition) is 1. The predicted octanol–water partition coefficient (Wildman–Crippen LogP) is 1.26.